The van der Waals surface area contributed by atoms with Gasteiger partial charge >= 0.3 is 0 Å². The van der Waals surface area contributed by atoms with Crippen molar-refractivity contribution in [2.75, 3.05) is 34.3 Å². The van der Waals surface area contributed by atoms with E-state index in [2.05, 4.69) is 22.5 Å². The van der Waals surface area contributed by atoms with E-state index in [-0.39, 0.29) is 40.7 Å². The first-order chi connectivity index (χ1) is 13.0. The van der Waals surface area contributed by atoms with Gasteiger partial charge in [-0.3, -0.25) is 9.79 Å². The highest BCUT2D eigenvalue weighted by Crippen LogP contribution is 2.54. The molecule has 0 bridgehead atoms. The summed E-state index contributed by atoms with van der Waals surface area (Å²) in [4.78, 5) is 19.0. The Bertz CT molecular complexity index is 555. The Labute approximate surface area is 187 Å². The van der Waals surface area contributed by atoms with Crippen molar-refractivity contribution in [3.05, 3.63) is 0 Å². The summed E-state index contributed by atoms with van der Waals surface area (Å²) in [6, 6.07) is 0.423. The van der Waals surface area contributed by atoms with Gasteiger partial charge in [0, 0.05) is 45.8 Å². The third-order valence-electron chi connectivity index (χ3n) is 7.24. The summed E-state index contributed by atoms with van der Waals surface area (Å²) in [6.45, 7) is 3.55. The smallest absolute Gasteiger partial charge is 0.230 e. The van der Waals surface area contributed by atoms with Gasteiger partial charge in [-0.25, -0.2) is 0 Å². The zero-order valence-corrected chi connectivity index (χ0v) is 20.4. The quantitative estimate of drug-likeness (QED) is 0.330. The maximum Gasteiger partial charge on any atom is 0.230 e. The van der Waals surface area contributed by atoms with Gasteiger partial charge in [0.15, 0.2) is 5.96 Å². The number of rotatable bonds is 6. The number of hydrogen-bond acceptors (Lipinski definition) is 3. The molecule has 2 unspecified atom stereocenters. The maximum atomic E-state index is 12.8. The minimum absolute atomic E-state index is 0. The molecule has 28 heavy (non-hydrogen) atoms. The van der Waals surface area contributed by atoms with Gasteiger partial charge in [-0.05, 0) is 39.0 Å². The summed E-state index contributed by atoms with van der Waals surface area (Å²) in [5.41, 5.74) is -0.00221. The van der Waals surface area contributed by atoms with Crippen LogP contribution >= 0.6 is 24.0 Å². The molecule has 3 rings (SSSR count). The van der Waals surface area contributed by atoms with E-state index in [4.69, 9.17) is 4.74 Å². The lowest BCUT2D eigenvalue weighted by molar-refractivity contribution is -0.138. The monoisotopic (exact) mass is 506 g/mol. The van der Waals surface area contributed by atoms with E-state index in [1.54, 1.807) is 4.90 Å². The van der Waals surface area contributed by atoms with Crippen molar-refractivity contribution >= 4 is 35.8 Å². The molecule has 2 atom stereocenters. The first kappa shape index (κ1) is 23.7. The van der Waals surface area contributed by atoms with Crippen LogP contribution in [0, 0.1) is 10.8 Å². The Hall–Kier alpha value is -0.570. The van der Waals surface area contributed by atoms with E-state index in [0.29, 0.717) is 18.7 Å². The number of halogens is 1. The molecule has 0 saturated heterocycles. The van der Waals surface area contributed by atoms with E-state index >= 15 is 0 Å². The largest absolute Gasteiger partial charge is 0.378 e. The third kappa shape index (κ3) is 4.45. The fraction of sp³-hybridized carbons (Fsp3) is 0.905. The van der Waals surface area contributed by atoms with Crippen LogP contribution in [0.3, 0.4) is 0 Å². The second kappa shape index (κ2) is 9.96. The van der Waals surface area contributed by atoms with E-state index in [1.165, 1.54) is 25.7 Å². The Kier molecular flexibility index (Phi) is 8.43. The lowest BCUT2D eigenvalue weighted by Crippen LogP contribution is -2.65. The molecule has 0 aromatic rings. The van der Waals surface area contributed by atoms with Gasteiger partial charge in [0.05, 0.1) is 11.5 Å². The Morgan fingerprint density at radius 1 is 1.14 bits per heavy atom. The van der Waals surface area contributed by atoms with Crippen LogP contribution in [-0.2, 0) is 9.53 Å². The van der Waals surface area contributed by atoms with Crippen LogP contribution in [0.4, 0.5) is 0 Å². The lowest BCUT2D eigenvalue weighted by atomic mass is 9.60. The number of nitrogens with one attached hydrogen (secondary N) is 2. The fourth-order valence-electron chi connectivity index (χ4n) is 5.69. The van der Waals surface area contributed by atoms with Crippen molar-refractivity contribution in [1.29, 1.82) is 0 Å². The minimum Gasteiger partial charge on any atom is -0.378 e. The summed E-state index contributed by atoms with van der Waals surface area (Å²) in [5, 5.41) is 7.16. The van der Waals surface area contributed by atoms with Gasteiger partial charge in [0.25, 0.3) is 0 Å². The molecule has 0 aromatic carbocycles. The highest BCUT2D eigenvalue weighted by molar-refractivity contribution is 14.0. The number of guanidine groups is 1. The molecule has 162 valence electrons. The van der Waals surface area contributed by atoms with Gasteiger partial charge in [0.2, 0.25) is 5.91 Å². The van der Waals surface area contributed by atoms with Crippen molar-refractivity contribution in [3.8, 4) is 0 Å². The molecular weight excluding hydrogens is 467 g/mol. The lowest BCUT2D eigenvalue weighted by Gasteiger charge is -2.54. The number of amides is 1. The molecule has 0 aliphatic heterocycles. The second-order valence-corrected chi connectivity index (χ2v) is 8.93. The zero-order chi connectivity index (χ0) is 19.5. The standard InChI is InChI=1S/C21H38N4O2.HI/c1-5-27-17-14-16(21(17)12-8-9-13-21)24-19(22-2)23-15-20(10-6-7-11-20)18(26)25(3)4;/h16-17H,5-15H2,1-4H3,(H2,22,23,24);1H. The molecule has 1 spiro atoms. The SMILES string of the molecule is CCOC1CC(NC(=NC)NCC2(C(=O)N(C)C)CCCC2)C12CCCC2.I. The van der Waals surface area contributed by atoms with Crippen molar-refractivity contribution in [2.24, 2.45) is 15.8 Å². The Balaban J connectivity index is 0.00000280. The van der Waals surface area contributed by atoms with E-state index < -0.39 is 0 Å². The van der Waals surface area contributed by atoms with Gasteiger partial charge in [-0.15, -0.1) is 24.0 Å². The Morgan fingerprint density at radius 3 is 2.29 bits per heavy atom. The van der Waals surface area contributed by atoms with E-state index in [0.717, 1.165) is 44.7 Å². The predicted octanol–water partition coefficient (Wildman–Crippen LogP) is 3.16. The maximum absolute atomic E-state index is 12.8. The van der Waals surface area contributed by atoms with Crippen LogP contribution in [0.25, 0.3) is 0 Å². The zero-order valence-electron chi connectivity index (χ0n) is 18.1. The number of carbonyl (C=O) groups is 1. The van der Waals surface area contributed by atoms with Gasteiger partial charge in [0.1, 0.15) is 0 Å². The van der Waals surface area contributed by atoms with Gasteiger partial charge in [-0.1, -0.05) is 25.7 Å². The molecule has 3 aliphatic rings. The van der Waals surface area contributed by atoms with Crippen LogP contribution in [-0.4, -0.2) is 63.2 Å². The predicted molar refractivity (Wildman–Crippen MR) is 124 cm³/mol. The first-order valence-electron chi connectivity index (χ1n) is 10.8. The minimum atomic E-state index is -0.278. The van der Waals surface area contributed by atoms with Crippen molar-refractivity contribution in [2.45, 2.75) is 76.9 Å². The van der Waals surface area contributed by atoms with Gasteiger partial charge < -0.3 is 20.3 Å². The normalized spacial score (nSPS) is 27.8. The van der Waals surface area contributed by atoms with Crippen LogP contribution in [0.1, 0.15) is 64.7 Å². The highest BCUT2D eigenvalue weighted by Gasteiger charge is 2.57. The van der Waals surface area contributed by atoms with Crippen LogP contribution in [0.15, 0.2) is 4.99 Å². The van der Waals surface area contributed by atoms with Crippen LogP contribution in [0.5, 0.6) is 0 Å². The van der Waals surface area contributed by atoms with Crippen molar-refractivity contribution in [1.82, 2.24) is 15.5 Å². The van der Waals surface area contributed by atoms with Crippen LogP contribution < -0.4 is 10.6 Å². The summed E-state index contributed by atoms with van der Waals surface area (Å²) in [7, 11) is 5.55. The number of nitrogens with zero attached hydrogens (tertiary/aromatic N) is 2. The average Bonchev–Trinajstić information content (AvgIpc) is 3.34. The molecular formula is C21H39IN4O2. The van der Waals surface area contributed by atoms with Gasteiger partial charge in [-0.2, -0.15) is 0 Å². The third-order valence-corrected chi connectivity index (χ3v) is 7.24. The number of aliphatic imine (C=N–C) groups is 1. The Morgan fingerprint density at radius 2 is 1.75 bits per heavy atom. The fourth-order valence-corrected chi connectivity index (χ4v) is 5.69. The number of ether oxygens (including phenoxy) is 1. The molecule has 0 aromatic heterocycles. The summed E-state index contributed by atoms with van der Waals surface area (Å²) in [5.74, 6) is 1.08. The summed E-state index contributed by atoms with van der Waals surface area (Å²) < 4.78 is 6.03. The van der Waals surface area contributed by atoms with E-state index in [9.17, 15) is 4.79 Å². The van der Waals surface area contributed by atoms with Crippen molar-refractivity contribution in [3.63, 3.8) is 0 Å². The molecule has 6 nitrogen and oxygen atoms in total. The molecule has 2 N–H and O–H groups in total. The molecule has 0 heterocycles. The number of hydrogen-bond donors (Lipinski definition) is 2. The molecule has 3 fully saturated rings. The summed E-state index contributed by atoms with van der Waals surface area (Å²) in [6.07, 6.45) is 10.7. The number of carbonyl (C=O) groups excluding carboxylic acids is 1. The highest BCUT2D eigenvalue weighted by atomic mass is 127. The van der Waals surface area contributed by atoms with Crippen molar-refractivity contribution < 1.29 is 9.53 Å². The average molecular weight is 506 g/mol. The summed E-state index contributed by atoms with van der Waals surface area (Å²) >= 11 is 0. The molecule has 7 heteroatoms. The molecule has 1 amide bonds. The first-order valence-corrected chi connectivity index (χ1v) is 10.8. The molecule has 0 radical (unpaired) electrons. The molecule has 3 saturated carbocycles. The molecule has 3 aliphatic carbocycles. The second-order valence-electron chi connectivity index (χ2n) is 8.93. The van der Waals surface area contributed by atoms with Crippen LogP contribution in [0.2, 0.25) is 0 Å². The topological polar surface area (TPSA) is 66.0 Å². The van der Waals surface area contributed by atoms with E-state index in [1.807, 2.05) is 21.1 Å².